The van der Waals surface area contributed by atoms with E-state index in [1.807, 2.05) is 19.1 Å². The van der Waals surface area contributed by atoms with E-state index in [4.69, 9.17) is 25.8 Å². The van der Waals surface area contributed by atoms with Crippen molar-refractivity contribution in [2.75, 3.05) is 17.7 Å². The standard InChI is InChI=1S/C38H47ClN2O7/c1-10-30(47-31-21-19-26(36(5,6)11-2)23-28(31)37(7,8)12-3)34(44)41-29-22-25(18-20-32(29)46-9)33(43)38(39,48-24(4)42)35(45)40-27-16-14-13-15-17-27/h13-23,30H,10-12H2,1-9H3,(H,40,45)(H,41,44). The molecule has 0 aliphatic carbocycles. The van der Waals surface area contributed by atoms with Gasteiger partial charge in [-0.3, -0.25) is 19.2 Å². The van der Waals surface area contributed by atoms with E-state index in [1.54, 1.807) is 30.3 Å². The number of rotatable bonds is 15. The molecular weight excluding hydrogens is 632 g/mol. The van der Waals surface area contributed by atoms with Crippen LogP contribution >= 0.6 is 11.6 Å². The van der Waals surface area contributed by atoms with Crippen LogP contribution in [0, 0.1) is 0 Å². The number of alkyl halides is 1. The molecule has 0 aliphatic heterocycles. The number of para-hydroxylation sites is 1. The smallest absolute Gasteiger partial charge is 0.326 e. The van der Waals surface area contributed by atoms with E-state index in [0.29, 0.717) is 17.9 Å². The second-order valence-corrected chi connectivity index (χ2v) is 13.5. The van der Waals surface area contributed by atoms with Gasteiger partial charge in [0.25, 0.3) is 11.8 Å². The second-order valence-electron chi connectivity index (χ2n) is 12.9. The average molecular weight is 679 g/mol. The highest BCUT2D eigenvalue weighted by atomic mass is 35.5. The summed E-state index contributed by atoms with van der Waals surface area (Å²) in [7, 11) is 1.41. The number of carbonyl (C=O) groups excluding carboxylic acids is 4. The number of halogens is 1. The fraction of sp³-hybridized carbons (Fsp3) is 0.421. The molecule has 0 saturated heterocycles. The molecule has 0 saturated carbocycles. The number of amides is 2. The van der Waals surface area contributed by atoms with Gasteiger partial charge in [-0.25, -0.2) is 0 Å². The van der Waals surface area contributed by atoms with Crippen LogP contribution in [-0.4, -0.2) is 41.8 Å². The molecule has 0 fully saturated rings. The van der Waals surface area contributed by atoms with Crippen molar-refractivity contribution in [2.24, 2.45) is 0 Å². The maximum Gasteiger partial charge on any atom is 0.326 e. The van der Waals surface area contributed by atoms with Crippen LogP contribution in [0.5, 0.6) is 11.5 Å². The summed E-state index contributed by atoms with van der Waals surface area (Å²) in [5.41, 5.74) is 2.32. The molecule has 10 heteroatoms. The molecule has 3 rings (SSSR count). The lowest BCUT2D eigenvalue weighted by molar-refractivity contribution is -0.152. The van der Waals surface area contributed by atoms with Crippen molar-refractivity contribution in [3.8, 4) is 11.5 Å². The SMILES string of the molecule is CCC(Oc1ccc(C(C)(C)CC)cc1C(C)(C)CC)C(=O)Nc1cc(C(=O)C(Cl)(OC(C)=O)C(=O)Nc2ccccc2)ccc1OC. The minimum atomic E-state index is -2.73. The Bertz CT molecular complexity index is 1640. The molecule has 2 N–H and O–H groups in total. The Labute approximate surface area is 288 Å². The summed E-state index contributed by atoms with van der Waals surface area (Å²) in [5.74, 6) is -2.63. The van der Waals surface area contributed by atoms with Gasteiger partial charge in [0.15, 0.2) is 6.10 Å². The number of methoxy groups -OCH3 is 1. The van der Waals surface area contributed by atoms with Crippen molar-refractivity contribution in [2.45, 2.75) is 96.6 Å². The molecule has 0 aromatic heterocycles. The Hall–Kier alpha value is -4.37. The molecular formula is C38H47ClN2O7. The lowest BCUT2D eigenvalue weighted by atomic mass is 9.76. The highest BCUT2D eigenvalue weighted by Crippen LogP contribution is 2.39. The normalized spacial score (nSPS) is 13.5. The lowest BCUT2D eigenvalue weighted by Gasteiger charge is -2.31. The third-order valence-electron chi connectivity index (χ3n) is 8.81. The van der Waals surface area contributed by atoms with Crippen molar-refractivity contribution in [1.82, 2.24) is 0 Å². The highest BCUT2D eigenvalue weighted by Gasteiger charge is 2.48. The molecule has 0 radical (unpaired) electrons. The Morgan fingerprint density at radius 3 is 2.00 bits per heavy atom. The van der Waals surface area contributed by atoms with Crippen LogP contribution in [0.4, 0.5) is 11.4 Å². The van der Waals surface area contributed by atoms with Gasteiger partial charge in [0.2, 0.25) is 5.78 Å². The Kier molecular flexibility index (Phi) is 12.4. The molecule has 0 bridgehead atoms. The Balaban J connectivity index is 1.95. The van der Waals surface area contributed by atoms with Crippen molar-refractivity contribution in [3.05, 3.63) is 83.4 Å². The molecule has 9 nitrogen and oxygen atoms in total. The molecule has 0 spiro atoms. The van der Waals surface area contributed by atoms with Crippen LogP contribution in [0.3, 0.4) is 0 Å². The molecule has 2 amide bonds. The summed E-state index contributed by atoms with van der Waals surface area (Å²) in [4.78, 5) is 52.7. The molecule has 3 aromatic rings. The summed E-state index contributed by atoms with van der Waals surface area (Å²) in [5, 5.41) is 2.59. The topological polar surface area (TPSA) is 120 Å². The van der Waals surface area contributed by atoms with Crippen LogP contribution in [0.2, 0.25) is 0 Å². The molecule has 48 heavy (non-hydrogen) atoms. The number of ketones is 1. The third-order valence-corrected chi connectivity index (χ3v) is 9.23. The predicted molar refractivity (Wildman–Crippen MR) is 189 cm³/mol. The van der Waals surface area contributed by atoms with Gasteiger partial charge in [-0.05, 0) is 72.1 Å². The number of anilines is 2. The van der Waals surface area contributed by atoms with Gasteiger partial charge in [-0.2, -0.15) is 0 Å². The van der Waals surface area contributed by atoms with Crippen molar-refractivity contribution in [1.29, 1.82) is 0 Å². The van der Waals surface area contributed by atoms with Crippen molar-refractivity contribution >= 4 is 46.5 Å². The quantitative estimate of drug-likeness (QED) is 0.0720. The van der Waals surface area contributed by atoms with E-state index in [-0.39, 0.29) is 27.8 Å². The summed E-state index contributed by atoms with van der Waals surface area (Å²) in [6, 6.07) is 18.6. The van der Waals surface area contributed by atoms with Crippen LogP contribution in [0.15, 0.2) is 66.7 Å². The molecule has 3 aromatic carbocycles. The van der Waals surface area contributed by atoms with Gasteiger partial charge >= 0.3 is 11.0 Å². The maximum absolute atomic E-state index is 13.7. The second kappa shape index (κ2) is 15.7. The molecule has 2 atom stereocenters. The number of ether oxygens (including phenoxy) is 3. The van der Waals surface area contributed by atoms with Gasteiger partial charge in [-0.15, -0.1) is 0 Å². The van der Waals surface area contributed by atoms with E-state index >= 15 is 0 Å². The number of Topliss-reactive ketones (excluding diaryl/α,β-unsaturated/α-hetero) is 1. The number of esters is 1. The molecule has 0 aliphatic rings. The van der Waals surface area contributed by atoms with Crippen molar-refractivity contribution < 1.29 is 33.4 Å². The first-order chi connectivity index (χ1) is 22.5. The van der Waals surface area contributed by atoms with E-state index in [0.717, 1.165) is 25.3 Å². The Morgan fingerprint density at radius 2 is 1.44 bits per heavy atom. The minimum absolute atomic E-state index is 0.0318. The molecule has 2 unspecified atom stereocenters. The summed E-state index contributed by atoms with van der Waals surface area (Å²) < 4.78 is 17.0. The molecule has 0 heterocycles. The van der Waals surface area contributed by atoms with E-state index in [9.17, 15) is 19.2 Å². The zero-order chi connectivity index (χ0) is 35.9. The van der Waals surface area contributed by atoms with Gasteiger partial charge in [0.05, 0.1) is 12.8 Å². The zero-order valence-electron chi connectivity index (χ0n) is 29.3. The van der Waals surface area contributed by atoms with Gasteiger partial charge in [0, 0.05) is 23.7 Å². The fourth-order valence-corrected chi connectivity index (χ4v) is 5.19. The van der Waals surface area contributed by atoms with Gasteiger partial charge in [0.1, 0.15) is 11.5 Å². The van der Waals surface area contributed by atoms with E-state index in [1.165, 1.54) is 30.9 Å². The van der Waals surface area contributed by atoms with E-state index in [2.05, 4.69) is 58.2 Å². The van der Waals surface area contributed by atoms with Crippen LogP contribution < -0.4 is 20.1 Å². The number of benzene rings is 3. The first-order valence-electron chi connectivity index (χ1n) is 16.1. The summed E-state index contributed by atoms with van der Waals surface area (Å²) in [6.07, 6.45) is 1.28. The predicted octanol–water partition coefficient (Wildman–Crippen LogP) is 8.19. The fourth-order valence-electron chi connectivity index (χ4n) is 4.93. The average Bonchev–Trinajstić information content (AvgIpc) is 3.06. The van der Waals surface area contributed by atoms with Gasteiger partial charge < -0.3 is 24.8 Å². The zero-order valence-corrected chi connectivity index (χ0v) is 30.0. The number of nitrogens with one attached hydrogen (secondary N) is 2. The highest BCUT2D eigenvalue weighted by molar-refractivity contribution is 6.49. The first kappa shape index (κ1) is 38.1. The Morgan fingerprint density at radius 1 is 0.812 bits per heavy atom. The van der Waals surface area contributed by atoms with Crippen LogP contribution in [-0.2, 0) is 30.0 Å². The van der Waals surface area contributed by atoms with Gasteiger partial charge in [-0.1, -0.05) is 90.4 Å². The molecule has 258 valence electrons. The van der Waals surface area contributed by atoms with Crippen LogP contribution in [0.25, 0.3) is 0 Å². The number of hydrogen-bond acceptors (Lipinski definition) is 7. The van der Waals surface area contributed by atoms with Crippen LogP contribution in [0.1, 0.15) is 96.1 Å². The maximum atomic E-state index is 13.7. The van der Waals surface area contributed by atoms with Crippen molar-refractivity contribution in [3.63, 3.8) is 0 Å². The minimum Gasteiger partial charge on any atom is -0.495 e. The monoisotopic (exact) mass is 678 g/mol. The largest absolute Gasteiger partial charge is 0.495 e. The first-order valence-corrected chi connectivity index (χ1v) is 16.5. The lowest BCUT2D eigenvalue weighted by Crippen LogP contribution is -2.48. The summed E-state index contributed by atoms with van der Waals surface area (Å²) >= 11 is 6.48. The number of hydrogen-bond donors (Lipinski definition) is 2. The van der Waals surface area contributed by atoms with E-state index < -0.39 is 34.7 Å². The number of carbonyl (C=O) groups is 4. The third kappa shape index (κ3) is 8.75. The summed E-state index contributed by atoms with van der Waals surface area (Å²) in [6.45, 7) is 15.9.